The standard InChI is InChI=1S/C18H27NO5/c1-5-6-11-19(12-14(2)18(21)23-4)17(20)13-24-16-10-8-7-9-15(16)22-3/h7-10,14H,5-6,11-13H2,1-4H3. The van der Waals surface area contributed by atoms with E-state index in [4.69, 9.17) is 14.2 Å². The largest absolute Gasteiger partial charge is 0.493 e. The van der Waals surface area contributed by atoms with Crippen molar-refractivity contribution in [1.29, 1.82) is 0 Å². The lowest BCUT2D eigenvalue weighted by Gasteiger charge is -2.25. The number of esters is 1. The zero-order valence-corrected chi connectivity index (χ0v) is 14.9. The Kier molecular flexibility index (Phi) is 8.68. The molecule has 0 aliphatic rings. The Balaban J connectivity index is 2.68. The SMILES string of the molecule is CCCCN(CC(C)C(=O)OC)C(=O)COc1ccccc1OC. The van der Waals surface area contributed by atoms with Gasteiger partial charge in [-0.25, -0.2) is 0 Å². The molecule has 0 aliphatic heterocycles. The van der Waals surface area contributed by atoms with Gasteiger partial charge in [0.05, 0.1) is 20.1 Å². The minimum atomic E-state index is -0.373. The van der Waals surface area contributed by atoms with Gasteiger partial charge in [0.1, 0.15) is 0 Å². The molecule has 1 aromatic rings. The maximum Gasteiger partial charge on any atom is 0.310 e. The van der Waals surface area contributed by atoms with Gasteiger partial charge in [-0.15, -0.1) is 0 Å². The fourth-order valence-electron chi connectivity index (χ4n) is 2.24. The van der Waals surface area contributed by atoms with Gasteiger partial charge in [0.2, 0.25) is 0 Å². The molecule has 24 heavy (non-hydrogen) atoms. The molecule has 0 bridgehead atoms. The maximum absolute atomic E-state index is 12.5. The molecule has 1 amide bonds. The minimum absolute atomic E-state index is 0.0992. The highest BCUT2D eigenvalue weighted by Crippen LogP contribution is 2.25. The predicted molar refractivity (Wildman–Crippen MR) is 91.2 cm³/mol. The smallest absolute Gasteiger partial charge is 0.310 e. The molecular weight excluding hydrogens is 310 g/mol. The Bertz CT molecular complexity index is 532. The molecule has 0 radical (unpaired) electrons. The predicted octanol–water partition coefficient (Wildman–Crippen LogP) is 2.51. The number of benzene rings is 1. The third kappa shape index (κ3) is 6.10. The number of rotatable bonds is 10. The van der Waals surface area contributed by atoms with E-state index in [1.807, 2.05) is 12.1 Å². The summed E-state index contributed by atoms with van der Waals surface area (Å²) in [6.07, 6.45) is 1.83. The first-order valence-electron chi connectivity index (χ1n) is 8.14. The van der Waals surface area contributed by atoms with Crippen molar-refractivity contribution in [2.45, 2.75) is 26.7 Å². The van der Waals surface area contributed by atoms with Crippen molar-refractivity contribution in [2.24, 2.45) is 5.92 Å². The number of hydrogen-bond donors (Lipinski definition) is 0. The van der Waals surface area contributed by atoms with Crippen LogP contribution in [0.1, 0.15) is 26.7 Å². The minimum Gasteiger partial charge on any atom is -0.493 e. The van der Waals surface area contributed by atoms with E-state index >= 15 is 0 Å². The van der Waals surface area contributed by atoms with Gasteiger partial charge in [-0.3, -0.25) is 9.59 Å². The number of para-hydroxylation sites is 2. The van der Waals surface area contributed by atoms with E-state index in [1.165, 1.54) is 7.11 Å². The summed E-state index contributed by atoms with van der Waals surface area (Å²) in [7, 11) is 2.90. The average molecular weight is 337 g/mol. The molecule has 0 N–H and O–H groups in total. The molecule has 0 spiro atoms. The molecule has 0 saturated heterocycles. The first-order valence-corrected chi connectivity index (χ1v) is 8.14. The van der Waals surface area contributed by atoms with Crippen LogP contribution >= 0.6 is 0 Å². The van der Waals surface area contributed by atoms with E-state index in [1.54, 1.807) is 31.1 Å². The van der Waals surface area contributed by atoms with Gasteiger partial charge in [0.25, 0.3) is 5.91 Å². The monoisotopic (exact) mass is 337 g/mol. The third-order valence-corrected chi connectivity index (χ3v) is 3.65. The van der Waals surface area contributed by atoms with E-state index < -0.39 is 0 Å². The van der Waals surface area contributed by atoms with Gasteiger partial charge < -0.3 is 19.1 Å². The summed E-state index contributed by atoms with van der Waals surface area (Å²) in [6, 6.07) is 7.17. The number of methoxy groups -OCH3 is 2. The summed E-state index contributed by atoms with van der Waals surface area (Å²) in [5, 5.41) is 0. The highest BCUT2D eigenvalue weighted by Gasteiger charge is 2.21. The molecule has 0 fully saturated rings. The lowest BCUT2D eigenvalue weighted by molar-refractivity contribution is -0.146. The number of nitrogens with zero attached hydrogens (tertiary/aromatic N) is 1. The lowest BCUT2D eigenvalue weighted by atomic mass is 10.1. The van der Waals surface area contributed by atoms with Gasteiger partial charge in [-0.05, 0) is 18.6 Å². The molecule has 0 heterocycles. The quantitative estimate of drug-likeness (QED) is 0.614. The van der Waals surface area contributed by atoms with Gasteiger partial charge in [-0.1, -0.05) is 32.4 Å². The van der Waals surface area contributed by atoms with Crippen molar-refractivity contribution in [2.75, 3.05) is 33.9 Å². The van der Waals surface area contributed by atoms with E-state index in [0.717, 1.165) is 12.8 Å². The zero-order valence-electron chi connectivity index (χ0n) is 14.9. The number of carbonyl (C=O) groups is 2. The zero-order chi connectivity index (χ0) is 17.9. The first kappa shape index (κ1) is 19.8. The van der Waals surface area contributed by atoms with Crippen molar-refractivity contribution in [3.05, 3.63) is 24.3 Å². The fraction of sp³-hybridized carbons (Fsp3) is 0.556. The van der Waals surface area contributed by atoms with Crippen molar-refractivity contribution in [3.8, 4) is 11.5 Å². The second-order valence-electron chi connectivity index (χ2n) is 5.56. The van der Waals surface area contributed by atoms with Crippen molar-refractivity contribution >= 4 is 11.9 Å². The number of unbranched alkanes of at least 4 members (excludes halogenated alkanes) is 1. The third-order valence-electron chi connectivity index (χ3n) is 3.65. The number of carbonyl (C=O) groups excluding carboxylic acids is 2. The molecule has 1 unspecified atom stereocenters. The number of amides is 1. The van der Waals surface area contributed by atoms with Crippen LogP contribution in [0.4, 0.5) is 0 Å². The van der Waals surface area contributed by atoms with E-state index in [0.29, 0.717) is 24.6 Å². The molecule has 134 valence electrons. The van der Waals surface area contributed by atoms with Gasteiger partial charge >= 0.3 is 5.97 Å². The van der Waals surface area contributed by atoms with E-state index in [2.05, 4.69) is 6.92 Å². The van der Waals surface area contributed by atoms with Crippen LogP contribution in [0.5, 0.6) is 11.5 Å². The highest BCUT2D eigenvalue weighted by atomic mass is 16.5. The molecule has 0 saturated carbocycles. The fourth-order valence-corrected chi connectivity index (χ4v) is 2.24. The Hall–Kier alpha value is -2.24. The van der Waals surface area contributed by atoms with Crippen LogP contribution < -0.4 is 9.47 Å². The Morgan fingerprint density at radius 2 is 1.83 bits per heavy atom. The molecular formula is C18H27NO5. The summed E-state index contributed by atoms with van der Waals surface area (Å²) < 4.78 is 15.5. The molecule has 1 atom stereocenters. The van der Waals surface area contributed by atoms with Crippen LogP contribution in [0.2, 0.25) is 0 Å². The molecule has 1 aromatic carbocycles. The Labute approximate surface area is 143 Å². The van der Waals surface area contributed by atoms with Crippen molar-refractivity contribution in [1.82, 2.24) is 4.90 Å². The second-order valence-corrected chi connectivity index (χ2v) is 5.56. The summed E-state index contributed by atoms with van der Waals surface area (Å²) in [6.45, 7) is 4.61. The Morgan fingerprint density at radius 3 is 2.42 bits per heavy atom. The van der Waals surface area contributed by atoms with Gasteiger partial charge in [-0.2, -0.15) is 0 Å². The van der Waals surface area contributed by atoms with Crippen LogP contribution in [-0.4, -0.2) is 50.7 Å². The van der Waals surface area contributed by atoms with Crippen LogP contribution in [0.25, 0.3) is 0 Å². The summed E-state index contributed by atoms with van der Waals surface area (Å²) >= 11 is 0. The van der Waals surface area contributed by atoms with Crippen LogP contribution in [0.15, 0.2) is 24.3 Å². The second kappa shape index (κ2) is 10.5. The number of ether oxygens (including phenoxy) is 3. The molecule has 6 heteroatoms. The summed E-state index contributed by atoms with van der Waals surface area (Å²) in [5.74, 6) is 0.236. The molecule has 1 rings (SSSR count). The van der Waals surface area contributed by atoms with Crippen molar-refractivity contribution < 1.29 is 23.8 Å². The first-order chi connectivity index (χ1) is 11.5. The summed E-state index contributed by atoms with van der Waals surface area (Å²) in [5.41, 5.74) is 0. The average Bonchev–Trinajstić information content (AvgIpc) is 2.62. The van der Waals surface area contributed by atoms with Crippen LogP contribution in [0.3, 0.4) is 0 Å². The van der Waals surface area contributed by atoms with E-state index in [9.17, 15) is 9.59 Å². The molecule has 0 aliphatic carbocycles. The topological polar surface area (TPSA) is 65.1 Å². The van der Waals surface area contributed by atoms with E-state index in [-0.39, 0.29) is 24.4 Å². The lowest BCUT2D eigenvalue weighted by Crippen LogP contribution is -2.40. The molecule has 0 aromatic heterocycles. The van der Waals surface area contributed by atoms with Gasteiger partial charge in [0.15, 0.2) is 18.1 Å². The van der Waals surface area contributed by atoms with Crippen LogP contribution in [-0.2, 0) is 14.3 Å². The number of hydrogen-bond acceptors (Lipinski definition) is 5. The van der Waals surface area contributed by atoms with Gasteiger partial charge in [0, 0.05) is 13.1 Å². The summed E-state index contributed by atoms with van der Waals surface area (Å²) in [4.78, 5) is 25.7. The highest BCUT2D eigenvalue weighted by molar-refractivity contribution is 5.79. The van der Waals surface area contributed by atoms with Crippen molar-refractivity contribution in [3.63, 3.8) is 0 Å². The molecule has 6 nitrogen and oxygen atoms in total. The normalized spacial score (nSPS) is 11.5. The van der Waals surface area contributed by atoms with Crippen LogP contribution in [0, 0.1) is 5.92 Å². The maximum atomic E-state index is 12.5. The Morgan fingerprint density at radius 1 is 1.17 bits per heavy atom.